The molecule has 0 aliphatic heterocycles. The third-order valence-corrected chi connectivity index (χ3v) is 5.46. The van der Waals surface area contributed by atoms with E-state index in [-0.39, 0.29) is 6.54 Å². The molecule has 0 saturated heterocycles. The molecule has 0 amide bonds. The van der Waals surface area contributed by atoms with Crippen LogP contribution in [0.15, 0.2) is 22.7 Å². The van der Waals surface area contributed by atoms with E-state index in [0.29, 0.717) is 22.6 Å². The van der Waals surface area contributed by atoms with Gasteiger partial charge in [-0.1, -0.05) is 13.8 Å². The first-order chi connectivity index (χ1) is 9.47. The molecule has 0 radical (unpaired) electrons. The Labute approximate surface area is 121 Å². The number of nitrogens with one attached hydrogen (secondary N) is 3. The molecule has 0 fully saturated rings. The van der Waals surface area contributed by atoms with Crippen LogP contribution < -0.4 is 10.0 Å². The molecular weight excluding hydrogens is 298 g/mol. The Balaban J connectivity index is 1.98. The first-order valence-electron chi connectivity index (χ1n) is 6.13. The molecule has 2 heterocycles. The molecule has 0 aliphatic rings. The van der Waals surface area contributed by atoms with E-state index in [2.05, 4.69) is 25.2 Å². The summed E-state index contributed by atoms with van der Waals surface area (Å²) in [6, 6.07) is 3.80. The number of thiophene rings is 1. The molecular formula is C11H17N5O2S2. The molecule has 7 nitrogen and oxygen atoms in total. The van der Waals surface area contributed by atoms with Gasteiger partial charge in [-0.15, -0.1) is 11.3 Å². The summed E-state index contributed by atoms with van der Waals surface area (Å²) in [6.45, 7) is 4.86. The zero-order valence-electron chi connectivity index (χ0n) is 11.3. The topological polar surface area (TPSA) is 99.8 Å². The average Bonchev–Trinajstić information content (AvgIpc) is 3.05. The van der Waals surface area contributed by atoms with E-state index in [4.69, 9.17) is 0 Å². The van der Waals surface area contributed by atoms with Crippen molar-refractivity contribution in [1.29, 1.82) is 0 Å². The molecule has 0 aliphatic carbocycles. The van der Waals surface area contributed by atoms with Gasteiger partial charge in [-0.3, -0.25) is 5.10 Å². The molecule has 9 heteroatoms. The van der Waals surface area contributed by atoms with E-state index >= 15 is 0 Å². The van der Waals surface area contributed by atoms with Crippen LogP contribution in [-0.2, 0) is 23.1 Å². The maximum atomic E-state index is 12.1. The van der Waals surface area contributed by atoms with Gasteiger partial charge >= 0.3 is 0 Å². The third kappa shape index (κ3) is 4.10. The molecule has 0 aromatic carbocycles. The van der Waals surface area contributed by atoms with Gasteiger partial charge in [0.15, 0.2) is 0 Å². The Bertz CT molecular complexity index is 634. The standard InChI is InChI=1S/C11H17N5O2S2/c1-8(2)12-5-9-3-4-11(19-9)20(17,18)15-6-10-13-7-14-16-10/h3-4,7-8,12,15H,5-6H2,1-2H3,(H,13,14,16). The summed E-state index contributed by atoms with van der Waals surface area (Å²) < 4.78 is 27.0. The second-order valence-electron chi connectivity index (χ2n) is 4.51. The molecule has 2 aromatic heterocycles. The summed E-state index contributed by atoms with van der Waals surface area (Å²) in [4.78, 5) is 4.85. The van der Waals surface area contributed by atoms with Gasteiger partial charge in [0.2, 0.25) is 10.0 Å². The lowest BCUT2D eigenvalue weighted by Crippen LogP contribution is -2.23. The predicted molar refractivity (Wildman–Crippen MR) is 76.7 cm³/mol. The highest BCUT2D eigenvalue weighted by molar-refractivity contribution is 7.91. The summed E-state index contributed by atoms with van der Waals surface area (Å²) in [5.74, 6) is 0.479. The van der Waals surface area contributed by atoms with Crippen LogP contribution in [0, 0.1) is 0 Å². The Kier molecular flexibility index (Phi) is 4.86. The highest BCUT2D eigenvalue weighted by atomic mass is 32.2. The first kappa shape index (κ1) is 15.1. The van der Waals surface area contributed by atoms with Crippen molar-refractivity contribution in [3.63, 3.8) is 0 Å². The second-order valence-corrected chi connectivity index (χ2v) is 7.68. The number of hydrogen-bond donors (Lipinski definition) is 3. The van der Waals surface area contributed by atoms with Crippen molar-refractivity contribution < 1.29 is 8.42 Å². The van der Waals surface area contributed by atoms with Gasteiger partial charge in [-0.05, 0) is 12.1 Å². The zero-order valence-corrected chi connectivity index (χ0v) is 12.9. The number of rotatable bonds is 7. The van der Waals surface area contributed by atoms with E-state index in [1.807, 2.05) is 19.9 Å². The van der Waals surface area contributed by atoms with Gasteiger partial charge in [0.25, 0.3) is 0 Å². The molecule has 2 aromatic rings. The molecule has 0 saturated carbocycles. The van der Waals surface area contributed by atoms with Crippen molar-refractivity contribution in [2.75, 3.05) is 0 Å². The van der Waals surface area contributed by atoms with Gasteiger partial charge in [-0.2, -0.15) is 5.10 Å². The fourth-order valence-electron chi connectivity index (χ4n) is 1.45. The number of hydrogen-bond acceptors (Lipinski definition) is 6. The highest BCUT2D eigenvalue weighted by Crippen LogP contribution is 2.21. The van der Waals surface area contributed by atoms with Gasteiger partial charge in [0.05, 0.1) is 6.54 Å². The van der Waals surface area contributed by atoms with Crippen molar-refractivity contribution in [1.82, 2.24) is 25.2 Å². The molecule has 110 valence electrons. The van der Waals surface area contributed by atoms with Gasteiger partial charge < -0.3 is 5.32 Å². The van der Waals surface area contributed by atoms with Crippen LogP contribution in [0.2, 0.25) is 0 Å². The SMILES string of the molecule is CC(C)NCc1ccc(S(=O)(=O)NCc2ncn[nH]2)s1. The van der Waals surface area contributed by atoms with Crippen LogP contribution >= 0.6 is 11.3 Å². The minimum Gasteiger partial charge on any atom is -0.310 e. The van der Waals surface area contributed by atoms with Crippen LogP contribution in [0.1, 0.15) is 24.5 Å². The molecule has 0 bridgehead atoms. The van der Waals surface area contributed by atoms with Crippen LogP contribution in [0.5, 0.6) is 0 Å². The number of H-pyrrole nitrogens is 1. The van der Waals surface area contributed by atoms with Crippen LogP contribution in [0.4, 0.5) is 0 Å². The lowest BCUT2D eigenvalue weighted by Gasteiger charge is -2.05. The van der Waals surface area contributed by atoms with Crippen LogP contribution in [-0.4, -0.2) is 29.6 Å². The monoisotopic (exact) mass is 315 g/mol. The predicted octanol–water partition coefficient (Wildman–Crippen LogP) is 0.843. The van der Waals surface area contributed by atoms with Crippen molar-refractivity contribution in [3.8, 4) is 0 Å². The Morgan fingerprint density at radius 1 is 1.35 bits per heavy atom. The van der Waals surface area contributed by atoms with Crippen LogP contribution in [0.25, 0.3) is 0 Å². The summed E-state index contributed by atoms with van der Waals surface area (Å²) >= 11 is 1.26. The number of aromatic nitrogens is 3. The van der Waals surface area contributed by atoms with Crippen molar-refractivity contribution >= 4 is 21.4 Å². The third-order valence-electron chi connectivity index (χ3n) is 2.48. The minimum atomic E-state index is -3.50. The van der Waals surface area contributed by atoms with E-state index in [1.165, 1.54) is 17.7 Å². The average molecular weight is 315 g/mol. The molecule has 0 spiro atoms. The number of nitrogens with zero attached hydrogens (tertiary/aromatic N) is 2. The summed E-state index contributed by atoms with van der Waals surface area (Å²) in [6.07, 6.45) is 1.34. The van der Waals surface area contributed by atoms with E-state index in [0.717, 1.165) is 4.88 Å². The summed E-state index contributed by atoms with van der Waals surface area (Å²) in [7, 11) is -3.50. The van der Waals surface area contributed by atoms with Gasteiger partial charge in [0.1, 0.15) is 16.4 Å². The maximum absolute atomic E-state index is 12.1. The number of sulfonamides is 1. The molecule has 3 N–H and O–H groups in total. The molecule has 20 heavy (non-hydrogen) atoms. The maximum Gasteiger partial charge on any atom is 0.250 e. The smallest absolute Gasteiger partial charge is 0.250 e. The molecule has 2 rings (SSSR count). The van der Waals surface area contributed by atoms with Crippen molar-refractivity contribution in [2.24, 2.45) is 0 Å². The fourth-order valence-corrected chi connectivity index (χ4v) is 3.79. The molecule has 0 atom stereocenters. The summed E-state index contributed by atoms with van der Waals surface area (Å²) in [5, 5.41) is 9.52. The lowest BCUT2D eigenvalue weighted by atomic mass is 10.4. The Hall–Kier alpha value is -1.29. The van der Waals surface area contributed by atoms with Gasteiger partial charge in [-0.25, -0.2) is 18.1 Å². The van der Waals surface area contributed by atoms with Crippen molar-refractivity contribution in [2.45, 2.75) is 37.2 Å². The minimum absolute atomic E-state index is 0.0970. The van der Waals surface area contributed by atoms with E-state index < -0.39 is 10.0 Å². The highest BCUT2D eigenvalue weighted by Gasteiger charge is 2.17. The Morgan fingerprint density at radius 3 is 2.80 bits per heavy atom. The van der Waals surface area contributed by atoms with Gasteiger partial charge in [0, 0.05) is 17.5 Å². The van der Waals surface area contributed by atoms with Crippen molar-refractivity contribution in [3.05, 3.63) is 29.2 Å². The first-order valence-corrected chi connectivity index (χ1v) is 8.43. The van der Waals surface area contributed by atoms with E-state index in [1.54, 1.807) is 6.07 Å². The fraction of sp³-hybridized carbons (Fsp3) is 0.455. The molecule has 0 unspecified atom stereocenters. The second kappa shape index (κ2) is 6.44. The summed E-state index contributed by atoms with van der Waals surface area (Å²) in [5.41, 5.74) is 0. The number of aromatic amines is 1. The Morgan fingerprint density at radius 2 is 2.15 bits per heavy atom. The van der Waals surface area contributed by atoms with Crippen LogP contribution in [0.3, 0.4) is 0 Å². The lowest BCUT2D eigenvalue weighted by molar-refractivity contribution is 0.581. The zero-order chi connectivity index (χ0) is 14.6. The van der Waals surface area contributed by atoms with E-state index in [9.17, 15) is 8.42 Å². The normalized spacial score (nSPS) is 12.2. The largest absolute Gasteiger partial charge is 0.310 e. The quantitative estimate of drug-likeness (QED) is 0.703.